The molecule has 0 fully saturated rings. The Kier molecular flexibility index (Phi) is 4.57. The van der Waals surface area contributed by atoms with Gasteiger partial charge in [-0.15, -0.1) is 13.2 Å². The number of hydrogen-bond acceptors (Lipinski definition) is 4. The maximum Gasteiger partial charge on any atom is 0.573 e. The standard InChI is InChI=1S/C14H15F3N4O2/c1-13(2,12(22)18-7-11-19-8-20-21-11)9-3-5-10(6-4-9)23-14(15,16)17/h3-6,8H,7H2,1-2H3,(H,18,22)(H,19,20,21). The SMILES string of the molecule is CC(C)(C(=O)NCc1ncn[nH]1)c1ccc(OC(F)(F)F)cc1. The molecule has 0 saturated carbocycles. The van der Waals surface area contributed by atoms with Crippen LogP contribution in [0.3, 0.4) is 0 Å². The molecule has 0 spiro atoms. The van der Waals surface area contributed by atoms with Crippen molar-refractivity contribution in [1.82, 2.24) is 20.5 Å². The van der Waals surface area contributed by atoms with Crippen LogP contribution in [0.2, 0.25) is 0 Å². The average molecular weight is 328 g/mol. The van der Waals surface area contributed by atoms with Gasteiger partial charge >= 0.3 is 6.36 Å². The molecule has 0 bridgehead atoms. The summed E-state index contributed by atoms with van der Waals surface area (Å²) >= 11 is 0. The van der Waals surface area contributed by atoms with E-state index in [9.17, 15) is 18.0 Å². The monoisotopic (exact) mass is 328 g/mol. The lowest BCUT2D eigenvalue weighted by molar-refractivity contribution is -0.274. The molecule has 9 heteroatoms. The van der Waals surface area contributed by atoms with Gasteiger partial charge in [-0.25, -0.2) is 4.98 Å². The molecule has 2 N–H and O–H groups in total. The van der Waals surface area contributed by atoms with Crippen molar-refractivity contribution in [3.05, 3.63) is 42.0 Å². The third-order valence-corrected chi connectivity index (χ3v) is 3.26. The molecule has 0 aliphatic rings. The quantitative estimate of drug-likeness (QED) is 0.882. The Bertz CT molecular complexity index is 652. The first-order valence-electron chi connectivity index (χ1n) is 6.67. The molecular formula is C14H15F3N4O2. The fourth-order valence-electron chi connectivity index (χ4n) is 1.91. The zero-order valence-electron chi connectivity index (χ0n) is 12.4. The Morgan fingerprint density at radius 2 is 1.91 bits per heavy atom. The smallest absolute Gasteiger partial charge is 0.406 e. The van der Waals surface area contributed by atoms with Gasteiger partial charge in [-0.05, 0) is 31.5 Å². The maximum atomic E-state index is 12.3. The number of benzene rings is 1. The number of carbonyl (C=O) groups is 1. The van der Waals surface area contributed by atoms with Gasteiger partial charge in [0.05, 0.1) is 12.0 Å². The molecule has 0 atom stereocenters. The fraction of sp³-hybridized carbons (Fsp3) is 0.357. The summed E-state index contributed by atoms with van der Waals surface area (Å²) in [5.74, 6) is -0.124. The second-order valence-corrected chi connectivity index (χ2v) is 5.31. The number of rotatable bonds is 5. The van der Waals surface area contributed by atoms with Crippen LogP contribution in [-0.2, 0) is 16.8 Å². The van der Waals surface area contributed by atoms with Crippen LogP contribution in [0.25, 0.3) is 0 Å². The molecule has 1 heterocycles. The number of H-pyrrole nitrogens is 1. The van der Waals surface area contributed by atoms with Crippen molar-refractivity contribution in [1.29, 1.82) is 0 Å². The van der Waals surface area contributed by atoms with E-state index in [1.165, 1.54) is 30.6 Å². The van der Waals surface area contributed by atoms with Gasteiger partial charge in [-0.1, -0.05) is 12.1 Å². The van der Waals surface area contributed by atoms with Gasteiger partial charge in [-0.3, -0.25) is 9.89 Å². The predicted octanol–water partition coefficient (Wildman–Crippen LogP) is 2.30. The van der Waals surface area contributed by atoms with Crippen LogP contribution in [0.5, 0.6) is 5.75 Å². The maximum absolute atomic E-state index is 12.3. The molecule has 0 saturated heterocycles. The van der Waals surface area contributed by atoms with Crippen molar-refractivity contribution in [2.45, 2.75) is 32.2 Å². The number of hydrogen-bond donors (Lipinski definition) is 2. The Balaban J connectivity index is 2.04. The van der Waals surface area contributed by atoms with Crippen molar-refractivity contribution < 1.29 is 22.7 Å². The summed E-state index contributed by atoms with van der Waals surface area (Å²) in [6.45, 7) is 3.52. The van der Waals surface area contributed by atoms with E-state index >= 15 is 0 Å². The van der Waals surface area contributed by atoms with Gasteiger partial charge in [-0.2, -0.15) is 5.10 Å². The molecule has 124 valence electrons. The van der Waals surface area contributed by atoms with Crippen LogP contribution in [0, 0.1) is 0 Å². The minimum Gasteiger partial charge on any atom is -0.406 e. The van der Waals surface area contributed by atoms with Crippen molar-refractivity contribution in [3.8, 4) is 5.75 Å². The van der Waals surface area contributed by atoms with Crippen molar-refractivity contribution in [2.75, 3.05) is 0 Å². The second kappa shape index (κ2) is 6.27. The van der Waals surface area contributed by atoms with Crippen LogP contribution in [0.15, 0.2) is 30.6 Å². The first-order valence-corrected chi connectivity index (χ1v) is 6.67. The lowest BCUT2D eigenvalue weighted by Gasteiger charge is -2.24. The van der Waals surface area contributed by atoms with E-state index in [1.807, 2.05) is 0 Å². The summed E-state index contributed by atoms with van der Waals surface area (Å²) in [5.41, 5.74) is -0.376. The molecule has 23 heavy (non-hydrogen) atoms. The number of alkyl halides is 3. The zero-order chi connectivity index (χ0) is 17.1. The molecule has 1 aromatic carbocycles. The summed E-state index contributed by atoms with van der Waals surface area (Å²) < 4.78 is 40.2. The number of halogens is 3. The third kappa shape index (κ3) is 4.44. The predicted molar refractivity (Wildman–Crippen MR) is 74.4 cm³/mol. The molecule has 2 aromatic rings. The first-order chi connectivity index (χ1) is 10.7. The van der Waals surface area contributed by atoms with E-state index in [0.717, 1.165) is 0 Å². The van der Waals surface area contributed by atoms with E-state index in [1.54, 1.807) is 13.8 Å². The topological polar surface area (TPSA) is 79.9 Å². The van der Waals surface area contributed by atoms with Gasteiger partial charge < -0.3 is 10.1 Å². The molecule has 1 amide bonds. The Labute approximate surface area is 130 Å². The fourth-order valence-corrected chi connectivity index (χ4v) is 1.91. The lowest BCUT2D eigenvalue weighted by atomic mass is 9.83. The van der Waals surface area contributed by atoms with Gasteiger partial charge in [0.1, 0.15) is 17.9 Å². The molecule has 1 aromatic heterocycles. The van der Waals surface area contributed by atoms with Crippen LogP contribution in [-0.4, -0.2) is 27.5 Å². The molecule has 2 rings (SSSR count). The summed E-state index contributed by atoms with van der Waals surface area (Å²) in [6.07, 6.45) is -3.42. The highest BCUT2D eigenvalue weighted by Crippen LogP contribution is 2.28. The van der Waals surface area contributed by atoms with Crippen molar-refractivity contribution >= 4 is 5.91 Å². The Morgan fingerprint density at radius 1 is 1.26 bits per heavy atom. The Morgan fingerprint density at radius 3 is 2.43 bits per heavy atom. The summed E-state index contributed by atoms with van der Waals surface area (Å²) in [5, 5.41) is 8.97. The van der Waals surface area contributed by atoms with Crippen LogP contribution >= 0.6 is 0 Å². The molecule has 0 aliphatic carbocycles. The highest BCUT2D eigenvalue weighted by molar-refractivity contribution is 5.87. The van der Waals surface area contributed by atoms with Crippen molar-refractivity contribution in [2.24, 2.45) is 0 Å². The van der Waals surface area contributed by atoms with E-state index in [0.29, 0.717) is 11.4 Å². The largest absolute Gasteiger partial charge is 0.573 e. The molecule has 0 radical (unpaired) electrons. The molecule has 0 unspecified atom stereocenters. The van der Waals surface area contributed by atoms with Gasteiger partial charge in [0.2, 0.25) is 5.91 Å². The van der Waals surface area contributed by atoms with Crippen LogP contribution < -0.4 is 10.1 Å². The molecular weight excluding hydrogens is 313 g/mol. The van der Waals surface area contributed by atoms with E-state index < -0.39 is 11.8 Å². The highest BCUT2D eigenvalue weighted by atomic mass is 19.4. The van der Waals surface area contributed by atoms with Crippen molar-refractivity contribution in [3.63, 3.8) is 0 Å². The number of aromatic nitrogens is 3. The number of aromatic amines is 1. The number of amides is 1. The van der Waals surface area contributed by atoms with E-state index in [4.69, 9.17) is 0 Å². The number of ether oxygens (including phenoxy) is 1. The number of carbonyl (C=O) groups excluding carboxylic acids is 1. The Hall–Kier alpha value is -2.58. The minimum absolute atomic E-state index is 0.178. The number of nitrogens with one attached hydrogen (secondary N) is 2. The highest BCUT2D eigenvalue weighted by Gasteiger charge is 2.32. The zero-order valence-corrected chi connectivity index (χ0v) is 12.4. The summed E-state index contributed by atoms with van der Waals surface area (Å²) in [4.78, 5) is 16.2. The van der Waals surface area contributed by atoms with Crippen LogP contribution in [0.1, 0.15) is 25.2 Å². The normalized spacial score (nSPS) is 12.0. The van der Waals surface area contributed by atoms with Gasteiger partial charge in [0.15, 0.2) is 0 Å². The molecule has 6 nitrogen and oxygen atoms in total. The lowest BCUT2D eigenvalue weighted by Crippen LogP contribution is -2.39. The van der Waals surface area contributed by atoms with Gasteiger partial charge in [0, 0.05) is 0 Å². The summed E-state index contributed by atoms with van der Waals surface area (Å²) in [7, 11) is 0. The number of nitrogens with zero attached hydrogens (tertiary/aromatic N) is 2. The van der Waals surface area contributed by atoms with Crippen LogP contribution in [0.4, 0.5) is 13.2 Å². The average Bonchev–Trinajstić information content (AvgIpc) is 2.96. The van der Waals surface area contributed by atoms with Gasteiger partial charge in [0.25, 0.3) is 0 Å². The summed E-state index contributed by atoms with van der Waals surface area (Å²) in [6, 6.07) is 5.20. The minimum atomic E-state index is -4.74. The van der Waals surface area contributed by atoms with E-state index in [-0.39, 0.29) is 18.2 Å². The second-order valence-electron chi connectivity index (χ2n) is 5.31. The first kappa shape index (κ1) is 16.8. The van der Waals surface area contributed by atoms with E-state index in [2.05, 4.69) is 25.2 Å². The third-order valence-electron chi connectivity index (χ3n) is 3.26. The molecule has 0 aliphatic heterocycles.